The predicted molar refractivity (Wildman–Crippen MR) is 93.9 cm³/mol. The Balaban J connectivity index is 1.96. The lowest BCUT2D eigenvalue weighted by Gasteiger charge is -2.09. The molecular formula is C17H17N7. The van der Waals surface area contributed by atoms with Crippen LogP contribution < -0.4 is 11.5 Å². The lowest BCUT2D eigenvalue weighted by Crippen LogP contribution is -2.12. The van der Waals surface area contributed by atoms with Gasteiger partial charge in [-0.05, 0) is 36.4 Å². The largest absolute Gasteiger partial charge is 0.382 e. The third-order valence-corrected chi connectivity index (χ3v) is 3.79. The van der Waals surface area contributed by atoms with E-state index in [9.17, 15) is 0 Å². The molecule has 7 heteroatoms. The van der Waals surface area contributed by atoms with E-state index < -0.39 is 0 Å². The number of hydrogen-bond acceptors (Lipinski definition) is 4. The molecule has 3 aromatic rings. The van der Waals surface area contributed by atoms with Gasteiger partial charge in [-0.15, -0.1) is 0 Å². The smallest absolute Gasteiger partial charge is 0.141 e. The molecule has 0 aromatic carbocycles. The van der Waals surface area contributed by atoms with E-state index in [2.05, 4.69) is 9.97 Å². The van der Waals surface area contributed by atoms with Gasteiger partial charge in [0.25, 0.3) is 0 Å². The molecule has 7 nitrogen and oxygen atoms in total. The molecule has 0 spiro atoms. The molecule has 0 unspecified atom stereocenters. The summed E-state index contributed by atoms with van der Waals surface area (Å²) in [5.41, 5.74) is 15.6. The monoisotopic (exact) mass is 319 g/mol. The van der Waals surface area contributed by atoms with Crippen LogP contribution in [0.1, 0.15) is 11.4 Å². The molecule has 24 heavy (non-hydrogen) atoms. The first-order chi connectivity index (χ1) is 11.5. The number of rotatable bonds is 4. The third kappa shape index (κ3) is 2.74. The van der Waals surface area contributed by atoms with Crippen LogP contribution in [0.2, 0.25) is 0 Å². The Morgan fingerprint density at radius 2 is 1.21 bits per heavy atom. The zero-order chi connectivity index (χ0) is 17.3. The molecule has 0 bridgehead atoms. The number of nitrogens with zero attached hydrogens (tertiary/aromatic N) is 3. The molecule has 0 fully saturated rings. The number of pyridine rings is 2. The fourth-order valence-electron chi connectivity index (χ4n) is 2.50. The highest BCUT2D eigenvalue weighted by Crippen LogP contribution is 2.27. The predicted octanol–water partition coefficient (Wildman–Crippen LogP) is 1.72. The van der Waals surface area contributed by atoms with Gasteiger partial charge in [0, 0.05) is 42.0 Å². The summed E-state index contributed by atoms with van der Waals surface area (Å²) in [6.45, 7) is 0. The lowest BCUT2D eigenvalue weighted by atomic mass is 10.2. The van der Waals surface area contributed by atoms with Crippen LogP contribution >= 0.6 is 0 Å². The first-order valence-electron chi connectivity index (χ1n) is 7.24. The van der Waals surface area contributed by atoms with Gasteiger partial charge in [-0.2, -0.15) is 0 Å². The minimum absolute atomic E-state index is 0.0502. The quantitative estimate of drug-likeness (QED) is 0.430. The van der Waals surface area contributed by atoms with Gasteiger partial charge in [0.15, 0.2) is 0 Å². The van der Waals surface area contributed by atoms with Crippen molar-refractivity contribution in [1.29, 1.82) is 10.8 Å². The zero-order valence-electron chi connectivity index (χ0n) is 13.1. The summed E-state index contributed by atoms with van der Waals surface area (Å²) < 4.78 is 2.04. The Hall–Kier alpha value is -3.48. The minimum Gasteiger partial charge on any atom is -0.382 e. The Labute approximate surface area is 139 Å². The highest BCUT2D eigenvalue weighted by atomic mass is 15.0. The number of nitrogens with one attached hydrogen (secondary N) is 2. The molecule has 0 aliphatic carbocycles. The minimum atomic E-state index is -0.0502. The first-order valence-corrected chi connectivity index (χ1v) is 7.24. The molecule has 120 valence electrons. The molecule has 0 aliphatic heterocycles. The maximum atomic E-state index is 7.40. The van der Waals surface area contributed by atoms with Crippen molar-refractivity contribution in [3.05, 3.63) is 60.2 Å². The average Bonchev–Trinajstić information content (AvgIpc) is 2.96. The lowest BCUT2D eigenvalue weighted by molar-refractivity contribution is 0.943. The number of nitrogens with two attached hydrogens (primary N) is 2. The van der Waals surface area contributed by atoms with Gasteiger partial charge < -0.3 is 16.0 Å². The maximum absolute atomic E-state index is 7.40. The standard InChI is InChI=1S/C17H17N7/c1-24-14(10-2-4-12(16(18)19)22-8-10)6-7-15(24)11-3-5-13(17(20)21)23-9-11/h2-9H,1H3,(H3,18,19)(H3,20,21). The zero-order valence-corrected chi connectivity index (χ0v) is 13.1. The summed E-state index contributed by atoms with van der Waals surface area (Å²) in [7, 11) is 1.96. The van der Waals surface area contributed by atoms with E-state index in [-0.39, 0.29) is 11.7 Å². The second-order valence-corrected chi connectivity index (χ2v) is 5.35. The van der Waals surface area contributed by atoms with Gasteiger partial charge in [-0.25, -0.2) is 0 Å². The molecule has 3 heterocycles. The molecule has 3 rings (SSSR count). The number of amidine groups is 2. The summed E-state index contributed by atoms with van der Waals surface area (Å²) in [4.78, 5) is 8.39. The van der Waals surface area contributed by atoms with Crippen molar-refractivity contribution in [1.82, 2.24) is 14.5 Å². The van der Waals surface area contributed by atoms with Crippen LogP contribution in [0.15, 0.2) is 48.8 Å². The van der Waals surface area contributed by atoms with E-state index in [1.807, 2.05) is 35.9 Å². The Morgan fingerprint density at radius 3 is 1.50 bits per heavy atom. The summed E-state index contributed by atoms with van der Waals surface area (Å²) in [5.74, 6) is -0.100. The molecule has 6 N–H and O–H groups in total. The molecule has 3 aromatic heterocycles. The second-order valence-electron chi connectivity index (χ2n) is 5.35. The van der Waals surface area contributed by atoms with Crippen LogP contribution in [-0.2, 0) is 7.05 Å². The number of hydrogen-bond donors (Lipinski definition) is 4. The van der Waals surface area contributed by atoms with E-state index in [4.69, 9.17) is 22.3 Å². The van der Waals surface area contributed by atoms with Crippen molar-refractivity contribution in [3.63, 3.8) is 0 Å². The first kappa shape index (κ1) is 15.4. The Morgan fingerprint density at radius 1 is 0.792 bits per heavy atom. The van der Waals surface area contributed by atoms with Crippen LogP contribution in [0, 0.1) is 10.8 Å². The highest BCUT2D eigenvalue weighted by molar-refractivity contribution is 5.93. The van der Waals surface area contributed by atoms with E-state index >= 15 is 0 Å². The van der Waals surface area contributed by atoms with Crippen LogP contribution in [0.5, 0.6) is 0 Å². The van der Waals surface area contributed by atoms with Gasteiger partial charge in [0.05, 0.1) is 0 Å². The average molecular weight is 319 g/mol. The topological polar surface area (TPSA) is 130 Å². The molecule has 0 amide bonds. The van der Waals surface area contributed by atoms with E-state index in [0.717, 1.165) is 22.5 Å². The molecular weight excluding hydrogens is 302 g/mol. The highest BCUT2D eigenvalue weighted by Gasteiger charge is 2.10. The molecule has 0 saturated heterocycles. The Bertz CT molecular complexity index is 830. The van der Waals surface area contributed by atoms with Crippen molar-refractivity contribution < 1.29 is 0 Å². The van der Waals surface area contributed by atoms with Crippen molar-refractivity contribution in [2.45, 2.75) is 0 Å². The van der Waals surface area contributed by atoms with Crippen LogP contribution in [0.4, 0.5) is 0 Å². The maximum Gasteiger partial charge on any atom is 0.141 e. The van der Waals surface area contributed by atoms with Crippen LogP contribution in [0.3, 0.4) is 0 Å². The van der Waals surface area contributed by atoms with Gasteiger partial charge in [-0.3, -0.25) is 20.8 Å². The Kier molecular flexibility index (Phi) is 3.83. The van der Waals surface area contributed by atoms with Crippen LogP contribution in [-0.4, -0.2) is 26.2 Å². The van der Waals surface area contributed by atoms with Crippen molar-refractivity contribution in [2.75, 3.05) is 0 Å². The fraction of sp³-hybridized carbons (Fsp3) is 0.0588. The normalized spacial score (nSPS) is 10.5. The van der Waals surface area contributed by atoms with Gasteiger partial charge in [0.2, 0.25) is 0 Å². The molecule has 0 atom stereocenters. The summed E-state index contributed by atoms with van der Waals surface area (Å²) in [5, 5.41) is 14.8. The summed E-state index contributed by atoms with van der Waals surface area (Å²) in [6.07, 6.45) is 3.40. The molecule has 0 aliphatic rings. The third-order valence-electron chi connectivity index (χ3n) is 3.79. The SMILES string of the molecule is Cn1c(-c2ccc(C(=N)N)nc2)ccc1-c1ccc(C(=N)N)nc1. The van der Waals surface area contributed by atoms with Crippen LogP contribution in [0.25, 0.3) is 22.5 Å². The fourth-order valence-corrected chi connectivity index (χ4v) is 2.50. The van der Waals surface area contributed by atoms with Crippen molar-refractivity contribution in [2.24, 2.45) is 18.5 Å². The number of aromatic nitrogens is 3. The second kappa shape index (κ2) is 5.96. The van der Waals surface area contributed by atoms with E-state index in [1.54, 1.807) is 24.5 Å². The number of nitrogen functional groups attached to an aromatic ring is 2. The summed E-state index contributed by atoms with van der Waals surface area (Å²) >= 11 is 0. The van der Waals surface area contributed by atoms with E-state index in [0.29, 0.717) is 11.4 Å². The van der Waals surface area contributed by atoms with Gasteiger partial charge >= 0.3 is 0 Å². The molecule has 0 saturated carbocycles. The van der Waals surface area contributed by atoms with Gasteiger partial charge in [-0.1, -0.05) is 0 Å². The van der Waals surface area contributed by atoms with E-state index in [1.165, 1.54) is 0 Å². The van der Waals surface area contributed by atoms with Gasteiger partial charge in [0.1, 0.15) is 23.1 Å². The van der Waals surface area contributed by atoms with Crippen molar-refractivity contribution in [3.8, 4) is 22.5 Å². The summed E-state index contributed by atoms with van der Waals surface area (Å²) in [6, 6.07) is 11.2. The van der Waals surface area contributed by atoms with Crippen molar-refractivity contribution >= 4 is 11.7 Å². The molecule has 0 radical (unpaired) electrons.